The molecule has 0 atom stereocenters. The standard InChI is InChI=1S/2C2H5O2.2C2H5.Sn/c2*3-1-2-4;2*1-2;/h2*3H,1-2H2;2*1H2,2H3;/q2*-1;;;+2. The van der Waals surface area contributed by atoms with Gasteiger partial charge in [-0.15, -0.1) is 0 Å². The average Bonchev–Trinajstić information content (AvgIpc) is 2.20. The molecule has 0 aromatic rings. The molecule has 13 heavy (non-hydrogen) atoms. The summed E-state index contributed by atoms with van der Waals surface area (Å²) in [6.45, 7) is 4.91. The Kier molecular flexibility index (Phi) is 8.38. The van der Waals surface area contributed by atoms with Crippen LogP contribution in [0.3, 0.4) is 0 Å². The van der Waals surface area contributed by atoms with Gasteiger partial charge >= 0.3 is 84.7 Å². The number of aliphatic hydroxyl groups is 2. The summed E-state index contributed by atoms with van der Waals surface area (Å²) in [7, 11) is 0. The molecule has 80 valence electrons. The summed E-state index contributed by atoms with van der Waals surface area (Å²) < 4.78 is 13.1. The zero-order valence-electron chi connectivity index (χ0n) is 8.45. The maximum absolute atomic E-state index is 8.65. The van der Waals surface area contributed by atoms with Crippen molar-refractivity contribution in [2.24, 2.45) is 0 Å². The molecule has 0 heterocycles. The third-order valence-corrected chi connectivity index (χ3v) is 12.3. The Morgan fingerprint density at radius 1 is 0.923 bits per heavy atom. The molecule has 0 aliphatic carbocycles. The minimum absolute atomic E-state index is 0.0428. The zero-order chi connectivity index (χ0) is 10.2. The topological polar surface area (TPSA) is 58.9 Å². The molecule has 0 aliphatic rings. The van der Waals surface area contributed by atoms with Gasteiger partial charge in [-0.2, -0.15) is 0 Å². The van der Waals surface area contributed by atoms with E-state index < -0.39 is 19.2 Å². The zero-order valence-corrected chi connectivity index (χ0v) is 11.3. The van der Waals surface area contributed by atoms with Gasteiger partial charge in [0.05, 0.1) is 0 Å². The van der Waals surface area contributed by atoms with Crippen LogP contribution >= 0.6 is 0 Å². The summed E-state index contributed by atoms with van der Waals surface area (Å²) in [5.74, 6) is 0. The van der Waals surface area contributed by atoms with Crippen LogP contribution in [-0.4, -0.2) is 55.8 Å². The van der Waals surface area contributed by atoms with E-state index in [0.29, 0.717) is 13.2 Å². The van der Waals surface area contributed by atoms with Gasteiger partial charge in [-0.1, -0.05) is 0 Å². The second-order valence-corrected chi connectivity index (χ2v) is 13.6. The Hall–Kier alpha value is 0.639. The van der Waals surface area contributed by atoms with E-state index in [2.05, 4.69) is 0 Å². The van der Waals surface area contributed by atoms with E-state index >= 15 is 0 Å². The van der Waals surface area contributed by atoms with Crippen molar-refractivity contribution >= 4 is 19.2 Å². The fourth-order valence-electron chi connectivity index (χ4n) is 1.16. The molecular weight excluding hydrogens is 279 g/mol. The predicted molar refractivity (Wildman–Crippen MR) is 52.8 cm³/mol. The number of aliphatic hydroxyl groups excluding tert-OH is 2. The second-order valence-electron chi connectivity index (χ2n) is 2.76. The van der Waals surface area contributed by atoms with Crippen LogP contribution in [0, 0.1) is 0 Å². The van der Waals surface area contributed by atoms with E-state index in [1.807, 2.05) is 13.8 Å². The van der Waals surface area contributed by atoms with Gasteiger partial charge in [0.15, 0.2) is 0 Å². The average molecular weight is 299 g/mol. The molecule has 0 amide bonds. The molecule has 0 saturated heterocycles. The van der Waals surface area contributed by atoms with E-state index in [-0.39, 0.29) is 13.2 Å². The normalized spacial score (nSPS) is 12.0. The third kappa shape index (κ3) is 5.17. The maximum atomic E-state index is 8.65. The quantitative estimate of drug-likeness (QED) is 0.640. The summed E-state index contributed by atoms with van der Waals surface area (Å²) in [6.07, 6.45) is 0. The molecule has 0 fully saturated rings. The molecule has 0 unspecified atom stereocenters. The van der Waals surface area contributed by atoms with E-state index in [1.54, 1.807) is 0 Å². The SMILES string of the molecule is C[CH2][Sn]([CH2]C)([O]CCO)[O]CCO. The molecule has 0 rings (SSSR count). The molecule has 0 aromatic heterocycles. The molecule has 0 aromatic carbocycles. The van der Waals surface area contributed by atoms with Crippen molar-refractivity contribution in [1.82, 2.24) is 0 Å². The first-order valence-electron chi connectivity index (χ1n) is 4.74. The fraction of sp³-hybridized carbons (Fsp3) is 1.00. The molecule has 4 nitrogen and oxygen atoms in total. The molecule has 5 heteroatoms. The number of hydrogen-bond donors (Lipinski definition) is 2. The van der Waals surface area contributed by atoms with Crippen molar-refractivity contribution in [2.45, 2.75) is 22.7 Å². The van der Waals surface area contributed by atoms with Gasteiger partial charge in [-0.25, -0.2) is 0 Å². The molecule has 2 N–H and O–H groups in total. The Morgan fingerprint density at radius 3 is 1.54 bits per heavy atom. The first kappa shape index (κ1) is 13.6. The predicted octanol–water partition coefficient (Wildman–Crippen LogP) is 0.486. The van der Waals surface area contributed by atoms with Crippen LogP contribution in [0.15, 0.2) is 0 Å². The molecule has 0 radical (unpaired) electrons. The summed E-state index contributed by atoms with van der Waals surface area (Å²) in [5.41, 5.74) is 0. The van der Waals surface area contributed by atoms with E-state index in [0.717, 1.165) is 8.87 Å². The van der Waals surface area contributed by atoms with Gasteiger partial charge in [0.25, 0.3) is 0 Å². The summed E-state index contributed by atoms with van der Waals surface area (Å²) in [5, 5.41) is 17.3. The monoisotopic (exact) mass is 300 g/mol. The van der Waals surface area contributed by atoms with Crippen LogP contribution in [0.2, 0.25) is 8.87 Å². The first-order valence-corrected chi connectivity index (χ1v) is 11.1. The molecule has 0 aliphatic heterocycles. The van der Waals surface area contributed by atoms with Gasteiger partial charge in [0.1, 0.15) is 0 Å². The van der Waals surface area contributed by atoms with Crippen LogP contribution < -0.4 is 0 Å². The van der Waals surface area contributed by atoms with Crippen LogP contribution in [-0.2, 0) is 6.15 Å². The van der Waals surface area contributed by atoms with Crippen LogP contribution in [0.4, 0.5) is 0 Å². The Morgan fingerprint density at radius 2 is 1.31 bits per heavy atom. The van der Waals surface area contributed by atoms with Crippen LogP contribution in [0.1, 0.15) is 13.8 Å². The summed E-state index contributed by atoms with van der Waals surface area (Å²) in [6, 6.07) is 0. The van der Waals surface area contributed by atoms with Crippen molar-refractivity contribution in [3.8, 4) is 0 Å². The van der Waals surface area contributed by atoms with Crippen molar-refractivity contribution < 1.29 is 16.4 Å². The Balaban J connectivity index is 3.97. The van der Waals surface area contributed by atoms with Crippen molar-refractivity contribution in [1.29, 1.82) is 0 Å². The first-order chi connectivity index (χ1) is 6.24. The van der Waals surface area contributed by atoms with Gasteiger partial charge < -0.3 is 0 Å². The van der Waals surface area contributed by atoms with Gasteiger partial charge in [-0.3, -0.25) is 0 Å². The minimum atomic E-state index is -2.86. The van der Waals surface area contributed by atoms with Gasteiger partial charge in [-0.05, 0) is 0 Å². The molecular formula is C8H20O4Sn. The van der Waals surface area contributed by atoms with Crippen molar-refractivity contribution in [3.63, 3.8) is 0 Å². The van der Waals surface area contributed by atoms with Gasteiger partial charge in [0, 0.05) is 0 Å². The van der Waals surface area contributed by atoms with Gasteiger partial charge in [0.2, 0.25) is 0 Å². The van der Waals surface area contributed by atoms with Crippen LogP contribution in [0.25, 0.3) is 0 Å². The Bertz CT molecular complexity index is 107. The number of hydrogen-bond acceptors (Lipinski definition) is 4. The van der Waals surface area contributed by atoms with E-state index in [4.69, 9.17) is 16.4 Å². The Labute approximate surface area is 84.8 Å². The van der Waals surface area contributed by atoms with E-state index in [1.165, 1.54) is 0 Å². The van der Waals surface area contributed by atoms with E-state index in [9.17, 15) is 0 Å². The second kappa shape index (κ2) is 7.99. The van der Waals surface area contributed by atoms with Crippen molar-refractivity contribution in [3.05, 3.63) is 0 Å². The summed E-state index contributed by atoms with van der Waals surface area (Å²) in [4.78, 5) is 0. The third-order valence-electron chi connectivity index (χ3n) is 1.99. The number of rotatable bonds is 8. The van der Waals surface area contributed by atoms with Crippen molar-refractivity contribution in [2.75, 3.05) is 26.4 Å². The van der Waals surface area contributed by atoms with Crippen LogP contribution in [0.5, 0.6) is 0 Å². The molecule has 0 bridgehead atoms. The molecule has 0 spiro atoms. The summed E-state index contributed by atoms with van der Waals surface area (Å²) >= 11 is -2.86. The fourth-order valence-corrected chi connectivity index (χ4v) is 7.80. The molecule has 0 saturated carbocycles.